The molecule has 16 heavy (non-hydrogen) atoms. The first-order chi connectivity index (χ1) is 7.64. The van der Waals surface area contributed by atoms with Crippen LogP contribution in [0.4, 0.5) is 5.13 Å². The summed E-state index contributed by atoms with van der Waals surface area (Å²) in [6.07, 6.45) is 3.75. The van der Waals surface area contributed by atoms with E-state index in [-0.39, 0.29) is 11.3 Å². The van der Waals surface area contributed by atoms with Gasteiger partial charge in [-0.2, -0.15) is 0 Å². The fourth-order valence-corrected chi connectivity index (χ4v) is 2.62. The third-order valence-corrected chi connectivity index (χ3v) is 4.47. The molecule has 1 amide bonds. The van der Waals surface area contributed by atoms with Crippen LogP contribution in [0, 0.1) is 5.41 Å². The van der Waals surface area contributed by atoms with Crippen LogP contribution >= 0.6 is 23.1 Å². The number of hydrogen-bond acceptors (Lipinski definition) is 5. The molecule has 4 nitrogen and oxygen atoms in total. The fourth-order valence-electron chi connectivity index (χ4n) is 1.11. The van der Waals surface area contributed by atoms with E-state index in [9.17, 15) is 4.79 Å². The summed E-state index contributed by atoms with van der Waals surface area (Å²) in [5.41, 5.74) is -0.167. The number of hydrogen-bond donors (Lipinski definition) is 1. The second kappa shape index (κ2) is 4.55. The van der Waals surface area contributed by atoms with Crippen molar-refractivity contribution in [2.24, 2.45) is 5.41 Å². The summed E-state index contributed by atoms with van der Waals surface area (Å²) in [5, 5.41) is 11.3. The number of nitrogens with zero attached hydrogens (tertiary/aromatic N) is 2. The summed E-state index contributed by atoms with van der Waals surface area (Å²) >= 11 is 2.97. The molecular weight excluding hydrogens is 242 g/mol. The van der Waals surface area contributed by atoms with Crippen LogP contribution < -0.4 is 5.32 Å². The highest BCUT2D eigenvalue weighted by Gasteiger charge is 2.45. The summed E-state index contributed by atoms with van der Waals surface area (Å²) in [5.74, 6) is 0.865. The van der Waals surface area contributed by atoms with E-state index in [1.54, 1.807) is 11.8 Å². The molecule has 86 valence electrons. The topological polar surface area (TPSA) is 54.9 Å². The molecule has 0 spiro atoms. The Morgan fingerprint density at radius 2 is 2.44 bits per heavy atom. The number of carbonyl (C=O) groups is 1. The Kier molecular flexibility index (Phi) is 3.30. The molecular formula is C10H13N3OS2. The summed E-state index contributed by atoms with van der Waals surface area (Å²) in [7, 11) is 0. The number of aromatic nitrogens is 2. The van der Waals surface area contributed by atoms with Crippen LogP contribution in [-0.2, 0) is 4.79 Å². The molecule has 0 bridgehead atoms. The summed E-state index contributed by atoms with van der Waals surface area (Å²) in [6.45, 7) is 5.61. The lowest BCUT2D eigenvalue weighted by Crippen LogP contribution is -2.21. The Hall–Kier alpha value is -0.880. The van der Waals surface area contributed by atoms with E-state index in [1.807, 2.05) is 13.0 Å². The summed E-state index contributed by atoms with van der Waals surface area (Å²) in [4.78, 5) is 11.7. The maximum atomic E-state index is 11.7. The van der Waals surface area contributed by atoms with Crippen LogP contribution in [0.5, 0.6) is 0 Å². The van der Waals surface area contributed by atoms with Crippen LogP contribution in [0.3, 0.4) is 0 Å². The molecule has 2 rings (SSSR count). The Balaban J connectivity index is 1.92. The molecule has 6 heteroatoms. The van der Waals surface area contributed by atoms with Crippen LogP contribution in [0.25, 0.3) is 0 Å². The second-order valence-corrected chi connectivity index (χ2v) is 6.23. The lowest BCUT2D eigenvalue weighted by atomic mass is 10.1. The molecule has 0 saturated heterocycles. The standard InChI is InChI=1S/C10H13N3OS2/c1-3-6-15-9-13-12-8(16-9)11-7(14)10(2)4-5-10/h3H,1,4-6H2,2H3,(H,11,12,14). The first-order valence-corrected chi connectivity index (χ1v) is 6.83. The smallest absolute Gasteiger partial charge is 0.232 e. The van der Waals surface area contributed by atoms with Gasteiger partial charge in [0.2, 0.25) is 11.0 Å². The molecule has 1 fully saturated rings. The van der Waals surface area contributed by atoms with Gasteiger partial charge in [-0.15, -0.1) is 16.8 Å². The van der Waals surface area contributed by atoms with Crippen LogP contribution in [0.15, 0.2) is 17.0 Å². The Labute approximate surface area is 103 Å². The zero-order chi connectivity index (χ0) is 11.6. The predicted octanol–water partition coefficient (Wildman–Crippen LogP) is 2.55. The molecule has 1 aromatic rings. The van der Waals surface area contributed by atoms with E-state index >= 15 is 0 Å². The molecule has 1 aliphatic rings. The number of anilines is 1. The minimum atomic E-state index is -0.167. The Morgan fingerprint density at radius 3 is 3.06 bits per heavy atom. The van der Waals surface area contributed by atoms with E-state index in [2.05, 4.69) is 22.1 Å². The maximum absolute atomic E-state index is 11.7. The van der Waals surface area contributed by atoms with E-state index in [0.29, 0.717) is 5.13 Å². The van der Waals surface area contributed by atoms with Gasteiger partial charge in [-0.05, 0) is 12.8 Å². The van der Waals surface area contributed by atoms with Gasteiger partial charge in [-0.3, -0.25) is 4.79 Å². The van der Waals surface area contributed by atoms with E-state index in [1.165, 1.54) is 11.3 Å². The molecule has 1 N–H and O–H groups in total. The summed E-state index contributed by atoms with van der Waals surface area (Å²) in [6, 6.07) is 0. The normalized spacial score (nSPS) is 16.8. The minimum absolute atomic E-state index is 0.0592. The van der Waals surface area contributed by atoms with Crippen molar-refractivity contribution in [2.45, 2.75) is 24.1 Å². The Bertz CT molecular complexity index is 412. The quantitative estimate of drug-likeness (QED) is 0.499. The molecule has 0 aliphatic heterocycles. The SMILES string of the molecule is C=CCSc1nnc(NC(=O)C2(C)CC2)s1. The first-order valence-electron chi connectivity index (χ1n) is 5.03. The van der Waals surface area contributed by atoms with Crippen LogP contribution in [-0.4, -0.2) is 21.9 Å². The third-order valence-electron chi connectivity index (χ3n) is 2.50. The third kappa shape index (κ3) is 2.62. The van der Waals surface area contributed by atoms with Gasteiger partial charge in [-0.25, -0.2) is 0 Å². The lowest BCUT2D eigenvalue weighted by molar-refractivity contribution is -0.120. The van der Waals surface area contributed by atoms with Crippen molar-refractivity contribution < 1.29 is 4.79 Å². The first kappa shape index (κ1) is 11.6. The number of rotatable bonds is 5. The van der Waals surface area contributed by atoms with Crippen molar-refractivity contribution in [3.05, 3.63) is 12.7 Å². The zero-order valence-electron chi connectivity index (χ0n) is 9.02. The number of nitrogens with one attached hydrogen (secondary N) is 1. The van der Waals surface area contributed by atoms with Crippen molar-refractivity contribution in [1.82, 2.24) is 10.2 Å². The van der Waals surface area contributed by atoms with E-state index in [4.69, 9.17) is 0 Å². The maximum Gasteiger partial charge on any atom is 0.232 e. The molecule has 1 aromatic heterocycles. The number of amides is 1. The fraction of sp³-hybridized carbons (Fsp3) is 0.500. The zero-order valence-corrected chi connectivity index (χ0v) is 10.7. The monoisotopic (exact) mass is 255 g/mol. The molecule has 0 radical (unpaired) electrons. The average Bonchev–Trinajstić information content (AvgIpc) is 2.87. The number of thioether (sulfide) groups is 1. The van der Waals surface area contributed by atoms with Crippen molar-refractivity contribution in [3.8, 4) is 0 Å². The highest BCUT2D eigenvalue weighted by molar-refractivity contribution is 8.01. The van der Waals surface area contributed by atoms with E-state index in [0.717, 1.165) is 22.9 Å². The second-order valence-electron chi connectivity index (χ2n) is 3.99. The average molecular weight is 255 g/mol. The van der Waals surface area contributed by atoms with Crippen molar-refractivity contribution in [1.29, 1.82) is 0 Å². The molecule has 0 unspecified atom stereocenters. The molecule has 1 aliphatic carbocycles. The Morgan fingerprint density at radius 1 is 1.69 bits per heavy atom. The molecule has 1 saturated carbocycles. The van der Waals surface area contributed by atoms with Gasteiger partial charge < -0.3 is 5.32 Å². The predicted molar refractivity (Wildman–Crippen MR) is 66.8 cm³/mol. The summed E-state index contributed by atoms with van der Waals surface area (Å²) < 4.78 is 0.858. The highest BCUT2D eigenvalue weighted by atomic mass is 32.2. The highest BCUT2D eigenvalue weighted by Crippen LogP contribution is 2.45. The molecule has 0 atom stereocenters. The largest absolute Gasteiger partial charge is 0.300 e. The van der Waals surface area contributed by atoms with Gasteiger partial charge in [-0.1, -0.05) is 36.1 Å². The van der Waals surface area contributed by atoms with Crippen molar-refractivity contribution in [3.63, 3.8) is 0 Å². The van der Waals surface area contributed by atoms with Crippen molar-refractivity contribution in [2.75, 3.05) is 11.1 Å². The van der Waals surface area contributed by atoms with Gasteiger partial charge in [0.25, 0.3) is 0 Å². The van der Waals surface area contributed by atoms with Crippen LogP contribution in [0.2, 0.25) is 0 Å². The molecule has 0 aromatic carbocycles. The van der Waals surface area contributed by atoms with Gasteiger partial charge in [0.1, 0.15) is 0 Å². The van der Waals surface area contributed by atoms with Gasteiger partial charge in [0.15, 0.2) is 4.34 Å². The molecule has 1 heterocycles. The van der Waals surface area contributed by atoms with Gasteiger partial charge in [0.05, 0.1) is 0 Å². The van der Waals surface area contributed by atoms with Crippen LogP contribution in [0.1, 0.15) is 19.8 Å². The number of carbonyl (C=O) groups excluding carboxylic acids is 1. The minimum Gasteiger partial charge on any atom is -0.300 e. The van der Waals surface area contributed by atoms with Crippen molar-refractivity contribution >= 4 is 34.1 Å². The van der Waals surface area contributed by atoms with E-state index < -0.39 is 0 Å². The van der Waals surface area contributed by atoms with Gasteiger partial charge >= 0.3 is 0 Å². The lowest BCUT2D eigenvalue weighted by Gasteiger charge is -2.05. The van der Waals surface area contributed by atoms with Gasteiger partial charge in [0, 0.05) is 11.2 Å².